The van der Waals surface area contributed by atoms with Gasteiger partial charge in [-0.05, 0) is 13.3 Å². The zero-order valence-corrected chi connectivity index (χ0v) is 10.5. The molecule has 0 saturated heterocycles. The number of nitrogens with two attached hydrogens (primary N) is 1. The van der Waals surface area contributed by atoms with Gasteiger partial charge in [0, 0.05) is 11.8 Å². The number of hydrogen-bond acceptors (Lipinski definition) is 4. The van der Waals surface area contributed by atoms with Crippen LogP contribution in [0.3, 0.4) is 0 Å². The third kappa shape index (κ3) is 2.89. The van der Waals surface area contributed by atoms with Crippen molar-refractivity contribution >= 4 is 5.97 Å². The molecule has 4 N–H and O–H groups in total. The van der Waals surface area contributed by atoms with Crippen LogP contribution in [0, 0.1) is 6.92 Å². The SMILES string of the molecule is CCCC([C@H](N)C(=O)O)n1cc(O)c(=O)cc1C. The van der Waals surface area contributed by atoms with E-state index in [-0.39, 0.29) is 0 Å². The van der Waals surface area contributed by atoms with Gasteiger partial charge in [-0.25, -0.2) is 0 Å². The van der Waals surface area contributed by atoms with Crippen molar-refractivity contribution in [2.24, 2.45) is 5.73 Å². The summed E-state index contributed by atoms with van der Waals surface area (Å²) in [5.74, 6) is -1.51. The summed E-state index contributed by atoms with van der Waals surface area (Å²) in [5.41, 5.74) is 5.75. The van der Waals surface area contributed by atoms with E-state index in [1.165, 1.54) is 12.3 Å². The van der Waals surface area contributed by atoms with Gasteiger partial charge in [0.1, 0.15) is 6.04 Å². The molecule has 6 nitrogen and oxygen atoms in total. The highest BCUT2D eigenvalue weighted by atomic mass is 16.4. The van der Waals surface area contributed by atoms with Gasteiger partial charge in [-0.15, -0.1) is 0 Å². The molecule has 6 heteroatoms. The van der Waals surface area contributed by atoms with Gasteiger partial charge in [0.2, 0.25) is 5.43 Å². The number of carbonyl (C=O) groups is 1. The molecule has 18 heavy (non-hydrogen) atoms. The van der Waals surface area contributed by atoms with Crippen LogP contribution < -0.4 is 11.2 Å². The third-order valence-corrected chi connectivity index (χ3v) is 2.90. The van der Waals surface area contributed by atoms with E-state index in [9.17, 15) is 14.7 Å². The highest BCUT2D eigenvalue weighted by Gasteiger charge is 2.25. The van der Waals surface area contributed by atoms with Crippen molar-refractivity contribution in [3.05, 3.63) is 28.2 Å². The predicted molar refractivity (Wildman–Crippen MR) is 66.7 cm³/mol. The number of hydrogen-bond donors (Lipinski definition) is 3. The molecule has 0 bridgehead atoms. The summed E-state index contributed by atoms with van der Waals surface area (Å²) in [6, 6.07) is -0.295. The zero-order chi connectivity index (χ0) is 13.9. The Morgan fingerprint density at radius 3 is 2.67 bits per heavy atom. The van der Waals surface area contributed by atoms with Crippen molar-refractivity contribution in [2.45, 2.75) is 38.8 Å². The maximum absolute atomic E-state index is 11.3. The lowest BCUT2D eigenvalue weighted by Gasteiger charge is -2.25. The number of rotatable bonds is 5. The van der Waals surface area contributed by atoms with Crippen LogP contribution in [0.2, 0.25) is 0 Å². The van der Waals surface area contributed by atoms with E-state index in [4.69, 9.17) is 10.8 Å². The second-order valence-electron chi connectivity index (χ2n) is 4.29. The van der Waals surface area contributed by atoms with Crippen LogP contribution in [0.1, 0.15) is 31.5 Å². The number of pyridine rings is 1. The minimum absolute atomic E-state index is 0.403. The second kappa shape index (κ2) is 5.68. The van der Waals surface area contributed by atoms with E-state index < -0.39 is 29.2 Å². The van der Waals surface area contributed by atoms with Gasteiger partial charge in [-0.2, -0.15) is 0 Å². The summed E-state index contributed by atoms with van der Waals surface area (Å²) < 4.78 is 1.55. The van der Waals surface area contributed by atoms with Gasteiger partial charge in [-0.1, -0.05) is 13.3 Å². The summed E-state index contributed by atoms with van der Waals surface area (Å²) in [5, 5.41) is 18.4. The minimum Gasteiger partial charge on any atom is -0.503 e. The van der Waals surface area contributed by atoms with E-state index >= 15 is 0 Å². The number of aliphatic carboxylic acids is 1. The van der Waals surface area contributed by atoms with Crippen LogP contribution in [0.25, 0.3) is 0 Å². The average molecular weight is 254 g/mol. The molecular weight excluding hydrogens is 236 g/mol. The van der Waals surface area contributed by atoms with Crippen molar-refractivity contribution in [2.75, 3.05) is 0 Å². The van der Waals surface area contributed by atoms with E-state index in [2.05, 4.69) is 0 Å². The molecule has 100 valence electrons. The molecule has 0 saturated carbocycles. The molecule has 1 aromatic heterocycles. The van der Waals surface area contributed by atoms with Gasteiger partial charge in [0.05, 0.1) is 12.2 Å². The highest BCUT2D eigenvalue weighted by Crippen LogP contribution is 2.20. The zero-order valence-electron chi connectivity index (χ0n) is 10.5. The van der Waals surface area contributed by atoms with Crippen molar-refractivity contribution in [1.82, 2.24) is 4.57 Å². The lowest BCUT2D eigenvalue weighted by Crippen LogP contribution is -2.40. The Morgan fingerprint density at radius 2 is 2.17 bits per heavy atom. The Balaban J connectivity index is 3.25. The summed E-state index contributed by atoms with van der Waals surface area (Å²) in [4.78, 5) is 22.3. The van der Waals surface area contributed by atoms with Crippen LogP contribution in [0.15, 0.2) is 17.1 Å². The molecule has 0 spiro atoms. The first-order chi connectivity index (χ1) is 8.38. The molecule has 0 aliphatic rings. The lowest BCUT2D eigenvalue weighted by atomic mass is 10.0. The minimum atomic E-state index is -1.11. The monoisotopic (exact) mass is 254 g/mol. The fourth-order valence-corrected chi connectivity index (χ4v) is 1.94. The van der Waals surface area contributed by atoms with Crippen LogP contribution in [0.5, 0.6) is 5.75 Å². The first-order valence-corrected chi connectivity index (χ1v) is 5.78. The van der Waals surface area contributed by atoms with E-state index in [1.54, 1.807) is 11.5 Å². The smallest absolute Gasteiger partial charge is 0.322 e. The van der Waals surface area contributed by atoms with Crippen molar-refractivity contribution in [3.8, 4) is 5.75 Å². The number of nitrogens with zero attached hydrogens (tertiary/aromatic N) is 1. The van der Waals surface area contributed by atoms with Crippen LogP contribution in [-0.2, 0) is 4.79 Å². The Kier molecular flexibility index (Phi) is 4.49. The molecule has 1 unspecified atom stereocenters. The maximum Gasteiger partial charge on any atom is 0.322 e. The molecule has 0 aliphatic carbocycles. The molecule has 1 rings (SSSR count). The van der Waals surface area contributed by atoms with E-state index in [1.807, 2.05) is 6.92 Å². The highest BCUT2D eigenvalue weighted by molar-refractivity contribution is 5.73. The van der Waals surface area contributed by atoms with E-state index in [0.717, 1.165) is 6.42 Å². The van der Waals surface area contributed by atoms with Gasteiger partial charge in [-0.3, -0.25) is 9.59 Å². The van der Waals surface area contributed by atoms with Gasteiger partial charge in [0.15, 0.2) is 5.75 Å². The fraction of sp³-hybridized carbons (Fsp3) is 0.500. The number of carboxylic acid groups (broad SMARTS) is 1. The Labute approximate surface area is 105 Å². The molecule has 0 aliphatic heterocycles. The number of aryl methyl sites for hydroxylation is 1. The molecule has 1 aromatic rings. The molecule has 1 heterocycles. The summed E-state index contributed by atoms with van der Waals surface area (Å²) in [6.45, 7) is 3.59. The second-order valence-corrected chi connectivity index (χ2v) is 4.29. The largest absolute Gasteiger partial charge is 0.503 e. The van der Waals surface area contributed by atoms with Crippen LogP contribution in [0.4, 0.5) is 0 Å². The molecule has 0 fully saturated rings. The average Bonchev–Trinajstić information content (AvgIpc) is 2.30. The maximum atomic E-state index is 11.3. The van der Waals surface area contributed by atoms with Crippen LogP contribution >= 0.6 is 0 Å². The Bertz CT molecular complexity index is 495. The molecular formula is C12H18N2O4. The summed E-state index contributed by atoms with van der Waals surface area (Å²) in [7, 11) is 0. The molecule has 0 aromatic carbocycles. The number of carboxylic acids is 1. The quantitative estimate of drug-likeness (QED) is 0.714. The Hall–Kier alpha value is -1.82. The van der Waals surface area contributed by atoms with Crippen LogP contribution in [-0.4, -0.2) is 26.8 Å². The first kappa shape index (κ1) is 14.2. The third-order valence-electron chi connectivity index (χ3n) is 2.90. The number of aromatic nitrogens is 1. The Morgan fingerprint density at radius 1 is 1.56 bits per heavy atom. The molecule has 0 amide bonds. The predicted octanol–water partition coefficient (Wildman–Crippen LogP) is 0.615. The summed E-state index contributed by atoms with van der Waals surface area (Å²) >= 11 is 0. The molecule has 0 radical (unpaired) electrons. The number of aromatic hydroxyl groups is 1. The van der Waals surface area contributed by atoms with E-state index in [0.29, 0.717) is 12.1 Å². The topological polar surface area (TPSA) is 106 Å². The van der Waals surface area contributed by atoms with Gasteiger partial charge >= 0.3 is 5.97 Å². The summed E-state index contributed by atoms with van der Waals surface area (Å²) in [6.07, 6.45) is 2.55. The molecule has 2 atom stereocenters. The van der Waals surface area contributed by atoms with Crippen molar-refractivity contribution < 1.29 is 15.0 Å². The normalized spacial score (nSPS) is 14.2. The van der Waals surface area contributed by atoms with Gasteiger partial charge < -0.3 is 20.5 Å². The fourth-order valence-electron chi connectivity index (χ4n) is 1.94. The standard InChI is InChI=1S/C12H18N2O4/c1-3-4-8(11(13)12(17)18)14-6-10(16)9(15)5-7(14)2/h5-6,8,11,16H,3-4,13H2,1-2H3,(H,17,18)/t8?,11-/m0/s1. The van der Waals surface area contributed by atoms with Crippen molar-refractivity contribution in [3.63, 3.8) is 0 Å². The lowest BCUT2D eigenvalue weighted by molar-refractivity contribution is -0.139. The van der Waals surface area contributed by atoms with Crippen molar-refractivity contribution in [1.29, 1.82) is 0 Å². The van der Waals surface area contributed by atoms with Gasteiger partial charge in [0.25, 0.3) is 0 Å². The first-order valence-electron chi connectivity index (χ1n) is 5.78.